The van der Waals surface area contributed by atoms with Crippen molar-refractivity contribution in [2.45, 2.75) is 10.8 Å². The minimum atomic E-state index is -0.460. The molecule has 0 saturated heterocycles. The van der Waals surface area contributed by atoms with Crippen molar-refractivity contribution in [2.24, 2.45) is 0 Å². The van der Waals surface area contributed by atoms with E-state index in [1.54, 1.807) is 0 Å². The molecule has 0 unspecified atom stereocenters. The van der Waals surface area contributed by atoms with Gasteiger partial charge in [0, 0.05) is 11.8 Å². The van der Waals surface area contributed by atoms with Gasteiger partial charge in [0.15, 0.2) is 0 Å². The summed E-state index contributed by atoms with van der Waals surface area (Å²) < 4.78 is 0. The number of fused-ring (bicyclic) bond motifs is 16. The summed E-state index contributed by atoms with van der Waals surface area (Å²) in [7, 11) is 0. The summed E-state index contributed by atoms with van der Waals surface area (Å²) in [6.45, 7) is 0. The lowest BCUT2D eigenvalue weighted by Crippen LogP contribution is -2.43. The second kappa shape index (κ2) is 10.1. The molecule has 1 heteroatoms. The highest BCUT2D eigenvalue weighted by Crippen LogP contribution is 2.67. The Labute approximate surface area is 292 Å². The van der Waals surface area contributed by atoms with Gasteiger partial charge in [0.05, 0.1) is 16.5 Å². The molecule has 0 amide bonds. The molecule has 7 aromatic carbocycles. The summed E-state index contributed by atoms with van der Waals surface area (Å²) in [5.41, 5.74) is 19.8. The Morgan fingerprint density at radius 1 is 0.280 bits per heavy atom. The molecular formula is C49H31N. The van der Waals surface area contributed by atoms with Crippen LogP contribution in [0, 0.1) is 0 Å². The zero-order valence-electron chi connectivity index (χ0n) is 27.3. The number of benzene rings is 7. The van der Waals surface area contributed by atoms with E-state index >= 15 is 0 Å². The molecule has 11 rings (SSSR count). The van der Waals surface area contributed by atoms with Crippen LogP contribution in [0.3, 0.4) is 0 Å². The molecule has 8 aromatic rings. The smallest absolute Gasteiger partial charge is 0.0720 e. The summed E-state index contributed by atoms with van der Waals surface area (Å²) in [4.78, 5) is 4.56. The molecule has 50 heavy (non-hydrogen) atoms. The molecule has 3 aliphatic carbocycles. The van der Waals surface area contributed by atoms with Gasteiger partial charge in [-0.05, 0) is 96.1 Å². The lowest BCUT2D eigenvalue weighted by atomic mass is 9.52. The first kappa shape index (κ1) is 27.6. The highest BCUT2D eigenvalue weighted by atomic mass is 14.7. The minimum Gasteiger partial charge on any atom is -0.256 e. The van der Waals surface area contributed by atoms with Crippen LogP contribution in [0.2, 0.25) is 0 Å². The van der Waals surface area contributed by atoms with Gasteiger partial charge in [-0.1, -0.05) is 164 Å². The second-order valence-corrected chi connectivity index (χ2v) is 13.8. The van der Waals surface area contributed by atoms with Gasteiger partial charge >= 0.3 is 0 Å². The molecule has 232 valence electrons. The third-order valence-corrected chi connectivity index (χ3v) is 11.6. The highest BCUT2D eigenvalue weighted by molar-refractivity contribution is 5.94. The fraction of sp³-hybridized carbons (Fsp3) is 0.0408. The van der Waals surface area contributed by atoms with E-state index in [2.05, 4.69) is 175 Å². The van der Waals surface area contributed by atoms with Crippen LogP contribution in [0.5, 0.6) is 0 Å². The highest BCUT2D eigenvalue weighted by Gasteiger charge is 2.58. The lowest BCUT2D eigenvalue weighted by molar-refractivity contribution is 0.633. The number of hydrogen-bond acceptors (Lipinski definition) is 1. The summed E-state index contributed by atoms with van der Waals surface area (Å²) >= 11 is 0. The quantitative estimate of drug-likeness (QED) is 0.185. The van der Waals surface area contributed by atoms with Crippen molar-refractivity contribution < 1.29 is 0 Å². The first-order chi connectivity index (χ1) is 24.8. The van der Waals surface area contributed by atoms with Gasteiger partial charge in [-0.3, -0.25) is 4.98 Å². The summed E-state index contributed by atoms with van der Waals surface area (Å²) in [5.74, 6) is 0. The van der Waals surface area contributed by atoms with E-state index in [0.29, 0.717) is 0 Å². The Hall–Kier alpha value is -6.31. The van der Waals surface area contributed by atoms with Gasteiger partial charge in [-0.15, -0.1) is 0 Å². The molecule has 0 aliphatic heterocycles. The zero-order valence-corrected chi connectivity index (χ0v) is 27.3. The normalized spacial score (nSPS) is 14.7. The largest absolute Gasteiger partial charge is 0.256 e. The number of rotatable bonds is 2. The van der Waals surface area contributed by atoms with E-state index in [1.807, 2.05) is 18.3 Å². The summed E-state index contributed by atoms with van der Waals surface area (Å²) in [6, 6.07) is 67.9. The van der Waals surface area contributed by atoms with Crippen molar-refractivity contribution in [1.29, 1.82) is 0 Å². The Morgan fingerprint density at radius 2 is 0.660 bits per heavy atom. The van der Waals surface area contributed by atoms with E-state index in [1.165, 1.54) is 77.9 Å². The summed E-state index contributed by atoms with van der Waals surface area (Å²) in [5, 5.41) is 0. The van der Waals surface area contributed by atoms with Crippen LogP contribution in [0.4, 0.5) is 0 Å². The average molecular weight is 634 g/mol. The van der Waals surface area contributed by atoms with Gasteiger partial charge in [0.2, 0.25) is 0 Å². The van der Waals surface area contributed by atoms with Crippen molar-refractivity contribution in [2.75, 3.05) is 0 Å². The number of aromatic nitrogens is 1. The Bertz CT molecular complexity index is 2550. The molecular weight excluding hydrogens is 603 g/mol. The lowest BCUT2D eigenvalue weighted by Gasteiger charge is -2.48. The first-order valence-electron chi connectivity index (χ1n) is 17.5. The predicted octanol–water partition coefficient (Wildman–Crippen LogP) is 11.5. The van der Waals surface area contributed by atoms with Crippen LogP contribution in [0.25, 0.3) is 44.6 Å². The minimum absolute atomic E-state index is 0.418. The standard InChI is InChI=1S/C49H31N/c1-4-16-39-35(13-1)36-14-2-5-17-40(36)48(39)43-19-7-9-21-45(43)49(46-22-10-8-20-44(46)48)41-18-6-3-15-37(41)38-31-34(28-29-42(38)49)32-24-26-33(27-25-32)47-23-11-12-30-50-47/h1-31H. The molecule has 0 atom stereocenters. The van der Waals surface area contributed by atoms with Crippen LogP contribution >= 0.6 is 0 Å². The average Bonchev–Trinajstić information content (AvgIpc) is 3.66. The fourth-order valence-electron chi connectivity index (χ4n) is 9.79. The number of pyridine rings is 1. The SMILES string of the molecule is c1ccc(-c2ccc(-c3ccc4c(c3)-c3ccccc3C43c4ccccc4C4(c5ccccc5-c5ccccc54)c4ccccc43)cc2)nc1. The molecule has 2 spiro atoms. The first-order valence-corrected chi connectivity index (χ1v) is 17.5. The Morgan fingerprint density at radius 3 is 1.14 bits per heavy atom. The predicted molar refractivity (Wildman–Crippen MR) is 203 cm³/mol. The van der Waals surface area contributed by atoms with Crippen LogP contribution in [-0.2, 0) is 10.8 Å². The molecule has 0 bridgehead atoms. The number of hydrogen-bond donors (Lipinski definition) is 0. The van der Waals surface area contributed by atoms with Crippen molar-refractivity contribution in [3.05, 3.63) is 233 Å². The Kier molecular flexibility index (Phi) is 5.58. The van der Waals surface area contributed by atoms with Gasteiger partial charge in [0.25, 0.3) is 0 Å². The van der Waals surface area contributed by atoms with Crippen molar-refractivity contribution in [1.82, 2.24) is 4.98 Å². The van der Waals surface area contributed by atoms with Crippen LogP contribution in [-0.4, -0.2) is 4.98 Å². The molecule has 0 N–H and O–H groups in total. The van der Waals surface area contributed by atoms with E-state index in [-0.39, 0.29) is 0 Å². The maximum absolute atomic E-state index is 4.56. The van der Waals surface area contributed by atoms with Gasteiger partial charge < -0.3 is 0 Å². The van der Waals surface area contributed by atoms with E-state index in [0.717, 1.165) is 11.3 Å². The molecule has 0 saturated carbocycles. The van der Waals surface area contributed by atoms with Crippen LogP contribution in [0.1, 0.15) is 44.5 Å². The maximum Gasteiger partial charge on any atom is 0.0720 e. The maximum atomic E-state index is 4.56. The third kappa shape index (κ3) is 3.34. The second-order valence-electron chi connectivity index (χ2n) is 13.8. The summed E-state index contributed by atoms with van der Waals surface area (Å²) in [6.07, 6.45) is 1.85. The topological polar surface area (TPSA) is 12.9 Å². The van der Waals surface area contributed by atoms with Crippen molar-refractivity contribution in [3.63, 3.8) is 0 Å². The van der Waals surface area contributed by atoms with Crippen molar-refractivity contribution in [3.8, 4) is 44.6 Å². The monoisotopic (exact) mass is 633 g/mol. The van der Waals surface area contributed by atoms with Gasteiger partial charge in [-0.25, -0.2) is 0 Å². The van der Waals surface area contributed by atoms with Crippen LogP contribution in [0.15, 0.2) is 188 Å². The Balaban J connectivity index is 1.19. The fourth-order valence-corrected chi connectivity index (χ4v) is 9.79. The molecule has 1 nitrogen and oxygen atoms in total. The van der Waals surface area contributed by atoms with E-state index < -0.39 is 10.8 Å². The number of nitrogens with zero attached hydrogens (tertiary/aromatic N) is 1. The third-order valence-electron chi connectivity index (χ3n) is 11.6. The van der Waals surface area contributed by atoms with Gasteiger partial charge in [-0.2, -0.15) is 0 Å². The van der Waals surface area contributed by atoms with Crippen molar-refractivity contribution >= 4 is 0 Å². The van der Waals surface area contributed by atoms with E-state index in [9.17, 15) is 0 Å². The van der Waals surface area contributed by atoms with Gasteiger partial charge in [0.1, 0.15) is 0 Å². The molecule has 1 heterocycles. The molecule has 1 aromatic heterocycles. The molecule has 0 fully saturated rings. The zero-order chi connectivity index (χ0) is 32.9. The molecule has 3 aliphatic rings. The van der Waals surface area contributed by atoms with Crippen LogP contribution < -0.4 is 0 Å². The molecule has 0 radical (unpaired) electrons. The van der Waals surface area contributed by atoms with E-state index in [4.69, 9.17) is 0 Å².